The molecule has 2 atom stereocenters. The van der Waals surface area contributed by atoms with Crippen molar-refractivity contribution in [2.45, 2.75) is 32.9 Å². The van der Waals surface area contributed by atoms with Crippen molar-refractivity contribution in [3.63, 3.8) is 0 Å². The van der Waals surface area contributed by atoms with Gasteiger partial charge in [-0.2, -0.15) is 0 Å². The Morgan fingerprint density at radius 2 is 1.76 bits per heavy atom. The Kier molecular flexibility index (Phi) is 6.02. The molecule has 3 rings (SSSR count). The maximum absolute atomic E-state index is 12.9. The van der Waals surface area contributed by atoms with Crippen molar-refractivity contribution >= 4 is 21.6 Å². The van der Waals surface area contributed by atoms with Crippen LogP contribution in [0.4, 0.5) is 5.69 Å². The minimum absolute atomic E-state index is 0.334. The van der Waals surface area contributed by atoms with E-state index in [2.05, 4.69) is 5.32 Å². The lowest BCUT2D eigenvalue weighted by Crippen LogP contribution is -2.48. The molecule has 156 valence electrons. The number of hydrogen-bond acceptors (Lipinski definition) is 5. The van der Waals surface area contributed by atoms with Gasteiger partial charge in [-0.1, -0.05) is 18.2 Å². The Hall–Kier alpha value is -2.74. The maximum Gasteiger partial charge on any atom is 0.244 e. The second kappa shape index (κ2) is 8.32. The predicted molar refractivity (Wildman–Crippen MR) is 112 cm³/mol. The fourth-order valence-electron chi connectivity index (χ4n) is 3.32. The maximum atomic E-state index is 12.9. The number of fused-ring (bicyclic) bond motifs is 1. The van der Waals surface area contributed by atoms with E-state index in [-0.39, 0.29) is 11.9 Å². The van der Waals surface area contributed by atoms with Gasteiger partial charge in [0.15, 0.2) is 11.5 Å². The highest BCUT2D eigenvalue weighted by atomic mass is 32.2. The van der Waals surface area contributed by atoms with Gasteiger partial charge in [0.1, 0.15) is 19.3 Å². The summed E-state index contributed by atoms with van der Waals surface area (Å²) in [5, 5.41) is 2.90. The summed E-state index contributed by atoms with van der Waals surface area (Å²) in [5.41, 5.74) is 2.21. The molecule has 0 fully saturated rings. The molecule has 0 saturated carbocycles. The van der Waals surface area contributed by atoms with Crippen LogP contribution in [0.1, 0.15) is 31.0 Å². The first-order valence-electron chi connectivity index (χ1n) is 9.43. The number of rotatable bonds is 6. The van der Waals surface area contributed by atoms with Crippen molar-refractivity contribution in [3.05, 3.63) is 53.6 Å². The van der Waals surface area contributed by atoms with Crippen molar-refractivity contribution in [2.24, 2.45) is 0 Å². The van der Waals surface area contributed by atoms with Gasteiger partial charge < -0.3 is 14.8 Å². The van der Waals surface area contributed by atoms with Crippen molar-refractivity contribution in [2.75, 3.05) is 23.8 Å². The Morgan fingerprint density at radius 1 is 1.07 bits per heavy atom. The van der Waals surface area contributed by atoms with Gasteiger partial charge in [-0.3, -0.25) is 9.10 Å². The molecule has 8 heteroatoms. The third kappa shape index (κ3) is 4.82. The summed E-state index contributed by atoms with van der Waals surface area (Å²) >= 11 is 0. The second-order valence-corrected chi connectivity index (χ2v) is 9.07. The van der Waals surface area contributed by atoms with Gasteiger partial charge in [-0.15, -0.1) is 0 Å². The van der Waals surface area contributed by atoms with E-state index in [1.54, 1.807) is 25.1 Å². The van der Waals surface area contributed by atoms with Crippen molar-refractivity contribution in [1.29, 1.82) is 0 Å². The smallest absolute Gasteiger partial charge is 0.244 e. The molecule has 0 spiro atoms. The average Bonchev–Trinajstić information content (AvgIpc) is 2.66. The summed E-state index contributed by atoms with van der Waals surface area (Å²) < 4.78 is 37.1. The zero-order valence-electron chi connectivity index (χ0n) is 17.0. The molecule has 1 aliphatic heterocycles. The summed E-state index contributed by atoms with van der Waals surface area (Å²) in [4.78, 5) is 12.9. The number of ether oxygens (including phenoxy) is 2. The van der Waals surface area contributed by atoms with Crippen LogP contribution < -0.4 is 19.1 Å². The molecule has 0 radical (unpaired) electrons. The Balaban J connectivity index is 1.79. The van der Waals surface area contributed by atoms with E-state index in [1.807, 2.05) is 38.1 Å². The zero-order valence-corrected chi connectivity index (χ0v) is 17.8. The number of carbonyl (C=O) groups is 1. The number of sulfonamides is 1. The summed E-state index contributed by atoms with van der Waals surface area (Å²) in [6.45, 7) is 6.28. The molecule has 0 bridgehead atoms. The highest BCUT2D eigenvalue weighted by Crippen LogP contribution is 2.32. The van der Waals surface area contributed by atoms with Crippen LogP contribution in [0.3, 0.4) is 0 Å². The Bertz CT molecular complexity index is 1010. The van der Waals surface area contributed by atoms with E-state index < -0.39 is 16.1 Å². The first-order valence-corrected chi connectivity index (χ1v) is 11.3. The van der Waals surface area contributed by atoms with Gasteiger partial charge in [0, 0.05) is 0 Å². The van der Waals surface area contributed by atoms with E-state index in [0.717, 1.165) is 21.7 Å². The van der Waals surface area contributed by atoms with Crippen LogP contribution in [0.25, 0.3) is 0 Å². The molecule has 0 saturated heterocycles. The molecule has 0 aromatic heterocycles. The number of anilines is 1. The van der Waals surface area contributed by atoms with E-state index in [0.29, 0.717) is 30.4 Å². The summed E-state index contributed by atoms with van der Waals surface area (Å²) in [5.74, 6) is 0.925. The van der Waals surface area contributed by atoms with E-state index in [9.17, 15) is 13.2 Å². The molecule has 1 aliphatic rings. The minimum Gasteiger partial charge on any atom is -0.486 e. The van der Waals surface area contributed by atoms with Crippen LogP contribution in [-0.4, -0.2) is 39.8 Å². The number of hydrogen-bond donors (Lipinski definition) is 1. The highest BCUT2D eigenvalue weighted by molar-refractivity contribution is 7.92. The first kappa shape index (κ1) is 21.0. The molecular weight excluding hydrogens is 392 g/mol. The van der Waals surface area contributed by atoms with Gasteiger partial charge in [-0.25, -0.2) is 8.42 Å². The van der Waals surface area contributed by atoms with Crippen LogP contribution in [0.15, 0.2) is 42.5 Å². The fourth-order valence-corrected chi connectivity index (χ4v) is 4.49. The summed E-state index contributed by atoms with van der Waals surface area (Å²) in [7, 11) is -3.66. The van der Waals surface area contributed by atoms with Crippen molar-refractivity contribution < 1.29 is 22.7 Å². The van der Waals surface area contributed by atoms with E-state index in [4.69, 9.17) is 9.47 Å². The lowest BCUT2D eigenvalue weighted by atomic mass is 10.1. The molecule has 2 aromatic rings. The third-order valence-corrected chi connectivity index (χ3v) is 6.01. The topological polar surface area (TPSA) is 84.9 Å². The highest BCUT2D eigenvalue weighted by Gasteiger charge is 2.30. The van der Waals surface area contributed by atoms with Gasteiger partial charge in [0.2, 0.25) is 15.9 Å². The summed E-state index contributed by atoms with van der Waals surface area (Å²) in [6, 6.07) is 11.3. The fraction of sp³-hybridized carbons (Fsp3) is 0.381. The molecule has 0 unspecified atom stereocenters. The third-order valence-electron chi connectivity index (χ3n) is 4.77. The predicted octanol–water partition coefficient (Wildman–Crippen LogP) is 2.80. The number of nitrogens with zero attached hydrogens (tertiary/aromatic N) is 1. The number of carbonyl (C=O) groups excluding carboxylic acids is 1. The van der Waals surface area contributed by atoms with Crippen LogP contribution >= 0.6 is 0 Å². The summed E-state index contributed by atoms with van der Waals surface area (Å²) in [6.07, 6.45) is 1.10. The molecule has 29 heavy (non-hydrogen) atoms. The number of amides is 1. The first-order chi connectivity index (χ1) is 13.7. The standard InChI is InChI=1S/C21H26N2O5S/c1-14-6-5-7-18(12-14)23(29(4,25)26)16(3)21(24)22-15(2)17-8-9-19-20(13-17)28-11-10-27-19/h5-9,12-13,15-16H,10-11H2,1-4H3,(H,22,24)/t15-,16+/m0/s1. The molecule has 2 aromatic carbocycles. The molecule has 1 amide bonds. The van der Waals surface area contributed by atoms with Crippen LogP contribution in [0.2, 0.25) is 0 Å². The largest absolute Gasteiger partial charge is 0.486 e. The van der Waals surface area contributed by atoms with E-state index in [1.165, 1.54) is 0 Å². The van der Waals surface area contributed by atoms with Gasteiger partial charge >= 0.3 is 0 Å². The lowest BCUT2D eigenvalue weighted by molar-refractivity contribution is -0.122. The minimum atomic E-state index is -3.66. The monoisotopic (exact) mass is 418 g/mol. The Labute approximate surface area is 171 Å². The van der Waals surface area contributed by atoms with Crippen LogP contribution in [0.5, 0.6) is 11.5 Å². The lowest BCUT2D eigenvalue weighted by Gasteiger charge is -2.29. The molecule has 7 nitrogen and oxygen atoms in total. The number of benzene rings is 2. The molecular formula is C21H26N2O5S. The van der Waals surface area contributed by atoms with Gasteiger partial charge in [0.05, 0.1) is 18.0 Å². The Morgan fingerprint density at radius 3 is 2.41 bits per heavy atom. The molecule has 1 N–H and O–H groups in total. The second-order valence-electron chi connectivity index (χ2n) is 7.21. The van der Waals surface area contributed by atoms with Gasteiger partial charge in [0.25, 0.3) is 0 Å². The average molecular weight is 419 g/mol. The van der Waals surface area contributed by atoms with Crippen molar-refractivity contribution in [3.8, 4) is 11.5 Å². The molecule has 1 heterocycles. The van der Waals surface area contributed by atoms with Gasteiger partial charge in [-0.05, 0) is 56.2 Å². The normalized spacial score (nSPS) is 15.3. The SMILES string of the molecule is Cc1cccc(N([C@H](C)C(=O)N[C@@H](C)c2ccc3c(c2)OCCO3)S(C)(=O)=O)c1. The molecule has 0 aliphatic carbocycles. The zero-order chi connectivity index (χ0) is 21.2. The van der Waals surface area contributed by atoms with Crippen LogP contribution in [-0.2, 0) is 14.8 Å². The van der Waals surface area contributed by atoms with Crippen molar-refractivity contribution in [1.82, 2.24) is 5.32 Å². The quantitative estimate of drug-likeness (QED) is 0.780. The van der Waals surface area contributed by atoms with E-state index >= 15 is 0 Å². The number of nitrogens with one attached hydrogen (secondary N) is 1. The number of aryl methyl sites for hydroxylation is 1. The van der Waals surface area contributed by atoms with Crippen LogP contribution in [0, 0.1) is 6.92 Å².